The van der Waals surface area contributed by atoms with Crippen molar-refractivity contribution in [3.63, 3.8) is 0 Å². The molecule has 7 rings (SSSR count). The Bertz CT molecular complexity index is 2750. The van der Waals surface area contributed by atoms with Crippen LogP contribution in [0.25, 0.3) is 28.5 Å². The average molecular weight is 903 g/mol. The number of para-hydroxylation sites is 2. The summed E-state index contributed by atoms with van der Waals surface area (Å²) in [6.45, 7) is 23.1. The number of aryl methyl sites for hydroxylation is 1. The lowest BCUT2D eigenvalue weighted by atomic mass is 10.2. The molecule has 0 saturated carbocycles. The number of anilines is 3. The van der Waals surface area contributed by atoms with Crippen LogP contribution in [-0.4, -0.2) is 37.1 Å². The van der Waals surface area contributed by atoms with Gasteiger partial charge in [-0.05, 0) is 101 Å². The number of allylic oxidation sites excluding steroid dienone is 12. The van der Waals surface area contributed by atoms with E-state index >= 15 is 0 Å². The molecule has 0 fully saturated rings. The third-order valence-electron chi connectivity index (χ3n) is 9.65. The number of aliphatic imine (C=N–C) groups is 1. The van der Waals surface area contributed by atoms with E-state index in [0.29, 0.717) is 34.1 Å². The van der Waals surface area contributed by atoms with Crippen LogP contribution in [0.5, 0.6) is 0 Å². The Kier molecular flexibility index (Phi) is 21.1. The van der Waals surface area contributed by atoms with Gasteiger partial charge in [0.2, 0.25) is 0 Å². The molecule has 1 atom stereocenters. The van der Waals surface area contributed by atoms with E-state index in [-0.39, 0.29) is 16.1 Å². The van der Waals surface area contributed by atoms with Gasteiger partial charge in [-0.25, -0.2) is 9.98 Å². The van der Waals surface area contributed by atoms with E-state index in [2.05, 4.69) is 67.7 Å². The largest absolute Gasteiger partial charge is 0.341 e. The van der Waals surface area contributed by atoms with E-state index in [1.54, 1.807) is 47.8 Å². The SMILES string of the molecule is C=CC.C=CCSC(C)/C(C)=N\c1c(C=C)c(=O)cc(NC2=CC=CCC=C2)n1C1=CC=CCC=C1.CC.CSc1cc2c(=O)cc(Nc3ccccc3)n(-c3ccccc3)c2nc1C. The standard InChI is InChI=1S/C28H31N3OS.C22H19N3OS.C3H6.C2H6/c1-5-19-33-22(4)21(3)29-28-25(6-2)26(32)20-27(30-23-15-11-7-8-12-16-23)31(28)24-17-13-9-10-14-18-24;1-15-20(27-2)13-18-19(26)14-21(24-16-9-5-3-6-10-16)25(22(18)23-15)17-11-7-4-8-12-17;1-3-2;1-2/h5-7,9,11-18,20,22,30H,1-2,8,10,19H2,3-4H3;3-14,24H,1-2H3;3H,1H2,2H3;1-2H3/b29-21-;;;. The number of fused-ring (bicyclic) bond motifs is 1. The van der Waals surface area contributed by atoms with E-state index < -0.39 is 0 Å². The summed E-state index contributed by atoms with van der Waals surface area (Å²) < 4.78 is 4.00. The lowest BCUT2D eigenvalue weighted by molar-refractivity contribution is 1.03. The van der Waals surface area contributed by atoms with Crippen LogP contribution < -0.4 is 21.5 Å². The quantitative estimate of drug-likeness (QED) is 0.0690. The van der Waals surface area contributed by atoms with Crippen molar-refractivity contribution in [3.05, 3.63) is 209 Å². The molecule has 0 bridgehead atoms. The van der Waals surface area contributed by atoms with E-state index in [4.69, 9.17) is 9.98 Å². The van der Waals surface area contributed by atoms with Crippen LogP contribution in [0.15, 0.2) is 197 Å². The Morgan fingerprint density at radius 2 is 1.46 bits per heavy atom. The molecule has 8 nitrogen and oxygen atoms in total. The molecule has 2 N–H and O–H groups in total. The third kappa shape index (κ3) is 14.2. The number of benzene rings is 2. The summed E-state index contributed by atoms with van der Waals surface area (Å²) in [5.74, 6) is 2.75. The predicted octanol–water partition coefficient (Wildman–Crippen LogP) is 14.4. The molecule has 2 aliphatic rings. The number of thioether (sulfide) groups is 2. The van der Waals surface area contributed by atoms with E-state index in [9.17, 15) is 9.59 Å². The van der Waals surface area contributed by atoms with Crippen molar-refractivity contribution in [2.45, 2.75) is 64.5 Å². The second-order valence-corrected chi connectivity index (χ2v) is 16.5. The van der Waals surface area contributed by atoms with Crippen molar-refractivity contribution in [2.75, 3.05) is 22.6 Å². The second kappa shape index (κ2) is 26.9. The Labute approximate surface area is 394 Å². The fourth-order valence-electron chi connectivity index (χ4n) is 6.50. The maximum Gasteiger partial charge on any atom is 0.193 e. The molecule has 0 amide bonds. The predicted molar refractivity (Wildman–Crippen MR) is 288 cm³/mol. The first-order valence-corrected chi connectivity index (χ1v) is 24.0. The first kappa shape index (κ1) is 51.0. The lowest BCUT2D eigenvalue weighted by Crippen LogP contribution is -2.17. The summed E-state index contributed by atoms with van der Waals surface area (Å²) in [5, 5.41) is 7.61. The normalized spacial score (nSPS) is 13.2. The summed E-state index contributed by atoms with van der Waals surface area (Å²) in [6, 6.07) is 25.0. The van der Waals surface area contributed by atoms with Gasteiger partial charge in [-0.1, -0.05) is 112 Å². The Hall–Kier alpha value is -6.62. The van der Waals surface area contributed by atoms with Crippen LogP contribution >= 0.6 is 23.5 Å². The molecule has 336 valence electrons. The van der Waals surface area contributed by atoms with Crippen molar-refractivity contribution >= 4 is 75.2 Å². The van der Waals surface area contributed by atoms with Gasteiger partial charge in [-0.2, -0.15) is 0 Å². The van der Waals surface area contributed by atoms with E-state index in [1.807, 2.05) is 153 Å². The summed E-state index contributed by atoms with van der Waals surface area (Å²) in [4.78, 5) is 36.8. The highest BCUT2D eigenvalue weighted by molar-refractivity contribution is 8.00. The summed E-state index contributed by atoms with van der Waals surface area (Å²) >= 11 is 3.36. The zero-order chi connectivity index (χ0) is 47.1. The van der Waals surface area contributed by atoms with Gasteiger partial charge in [0.1, 0.15) is 23.1 Å². The van der Waals surface area contributed by atoms with E-state index in [0.717, 1.165) is 57.7 Å². The monoisotopic (exact) mass is 902 g/mol. The van der Waals surface area contributed by atoms with Gasteiger partial charge in [0.15, 0.2) is 10.9 Å². The van der Waals surface area contributed by atoms with Crippen LogP contribution in [0, 0.1) is 6.92 Å². The molecule has 2 aliphatic carbocycles. The topological polar surface area (TPSA) is 93.3 Å². The molecular weight excluding hydrogens is 841 g/mol. The number of hydrogen-bond donors (Lipinski definition) is 2. The first-order valence-electron chi connectivity index (χ1n) is 21.7. The van der Waals surface area contributed by atoms with Crippen LogP contribution in [0.4, 0.5) is 23.1 Å². The zero-order valence-corrected chi connectivity index (χ0v) is 40.4. The molecule has 0 aliphatic heterocycles. The van der Waals surface area contributed by atoms with Crippen molar-refractivity contribution in [1.29, 1.82) is 0 Å². The van der Waals surface area contributed by atoms with Crippen molar-refractivity contribution in [1.82, 2.24) is 14.1 Å². The number of hydrogen-bond acceptors (Lipinski definition) is 8. The van der Waals surface area contributed by atoms with Crippen molar-refractivity contribution in [3.8, 4) is 5.69 Å². The smallest absolute Gasteiger partial charge is 0.193 e. The van der Waals surface area contributed by atoms with E-state index in [1.165, 1.54) is 0 Å². The zero-order valence-electron chi connectivity index (χ0n) is 38.8. The molecule has 0 spiro atoms. The minimum atomic E-state index is -0.121. The third-order valence-corrected chi connectivity index (χ3v) is 11.8. The maximum atomic E-state index is 13.1. The van der Waals surface area contributed by atoms with Gasteiger partial charge in [0.05, 0.1) is 16.6 Å². The number of nitrogens with one attached hydrogen (secondary N) is 2. The number of nitrogens with zero attached hydrogens (tertiary/aromatic N) is 4. The maximum absolute atomic E-state index is 13.1. The molecule has 1 unspecified atom stereocenters. The molecule has 0 radical (unpaired) electrons. The van der Waals surface area contributed by atoms with Crippen molar-refractivity contribution in [2.24, 2.45) is 4.99 Å². The highest BCUT2D eigenvalue weighted by Gasteiger charge is 2.19. The van der Waals surface area contributed by atoms with Gasteiger partial charge in [0, 0.05) is 56.5 Å². The fraction of sp³-hybridized carbons (Fsp3) is 0.200. The van der Waals surface area contributed by atoms with Gasteiger partial charge < -0.3 is 10.6 Å². The highest BCUT2D eigenvalue weighted by atomic mass is 32.2. The fourth-order valence-corrected chi connectivity index (χ4v) is 7.79. The molecule has 10 heteroatoms. The summed E-state index contributed by atoms with van der Waals surface area (Å²) in [5.41, 5.74) is 6.50. The lowest BCUT2D eigenvalue weighted by Gasteiger charge is -2.21. The van der Waals surface area contributed by atoms with Crippen molar-refractivity contribution < 1.29 is 0 Å². The summed E-state index contributed by atoms with van der Waals surface area (Å²) in [7, 11) is 0. The molecule has 65 heavy (non-hydrogen) atoms. The minimum absolute atomic E-state index is 0.0431. The highest BCUT2D eigenvalue weighted by Crippen LogP contribution is 2.32. The van der Waals surface area contributed by atoms with Crippen LogP contribution in [0.2, 0.25) is 0 Å². The van der Waals surface area contributed by atoms with Crippen LogP contribution in [0.3, 0.4) is 0 Å². The Morgan fingerprint density at radius 1 is 0.846 bits per heavy atom. The number of pyridine rings is 3. The van der Waals surface area contributed by atoms with Gasteiger partial charge >= 0.3 is 0 Å². The molecule has 0 saturated heterocycles. The second-order valence-electron chi connectivity index (χ2n) is 14.3. The molecule has 2 aromatic carbocycles. The molecule has 3 heterocycles. The molecule has 5 aromatic rings. The Morgan fingerprint density at radius 3 is 2.11 bits per heavy atom. The average Bonchev–Trinajstić information content (AvgIpc) is 3.76. The van der Waals surface area contributed by atoms with Crippen LogP contribution in [-0.2, 0) is 0 Å². The number of rotatable bonds is 13. The molecular formula is C55H62N6O2S2. The van der Waals surface area contributed by atoms with Crippen LogP contribution in [0.1, 0.15) is 58.7 Å². The van der Waals surface area contributed by atoms with Gasteiger partial charge in [-0.3, -0.25) is 18.7 Å². The Balaban J connectivity index is 0.000000263. The number of aromatic nitrogens is 3. The van der Waals surface area contributed by atoms with Gasteiger partial charge in [-0.15, -0.1) is 36.7 Å². The minimum Gasteiger partial charge on any atom is -0.341 e. The summed E-state index contributed by atoms with van der Waals surface area (Å²) in [6.07, 6.45) is 29.5. The first-order chi connectivity index (χ1) is 31.6. The molecule has 3 aromatic heterocycles. The van der Waals surface area contributed by atoms with Gasteiger partial charge in [0.25, 0.3) is 0 Å².